The van der Waals surface area contributed by atoms with Crippen LogP contribution in [0.3, 0.4) is 0 Å². The SMILES string of the molecule is COC(=O)CCCCCCCCSC(=O)CCCCCCCN(CCCCCCCC(=O)SCCCCCCCCC(=O)OC)CCCCN(C)C. The van der Waals surface area contributed by atoms with Crippen molar-refractivity contribution in [3.8, 4) is 0 Å². The molecule has 0 fully saturated rings. The van der Waals surface area contributed by atoms with Gasteiger partial charge in [0.25, 0.3) is 0 Å². The Morgan fingerprint density at radius 2 is 0.673 bits per heavy atom. The zero-order chi connectivity index (χ0) is 38.3. The van der Waals surface area contributed by atoms with Crippen LogP contribution in [0.15, 0.2) is 0 Å². The quantitative estimate of drug-likeness (QED) is 0.0444. The van der Waals surface area contributed by atoms with Crippen LogP contribution in [-0.2, 0) is 28.7 Å². The summed E-state index contributed by atoms with van der Waals surface area (Å²) in [6, 6.07) is 0. The maximum Gasteiger partial charge on any atom is 0.305 e. The van der Waals surface area contributed by atoms with Gasteiger partial charge in [-0.15, -0.1) is 0 Å². The fourth-order valence-electron chi connectivity index (χ4n) is 6.25. The molecule has 0 aromatic rings. The van der Waals surface area contributed by atoms with Gasteiger partial charge in [0.1, 0.15) is 0 Å². The maximum absolute atomic E-state index is 12.3. The Balaban J connectivity index is 3.85. The molecule has 0 aliphatic heterocycles. The van der Waals surface area contributed by atoms with Crippen LogP contribution in [0.1, 0.15) is 180 Å². The molecule has 0 aromatic heterocycles. The first-order valence-electron chi connectivity index (χ1n) is 21.1. The van der Waals surface area contributed by atoms with Crippen LogP contribution < -0.4 is 0 Å². The van der Waals surface area contributed by atoms with Crippen molar-refractivity contribution in [2.45, 2.75) is 180 Å². The van der Waals surface area contributed by atoms with Crippen LogP contribution >= 0.6 is 23.5 Å². The molecule has 8 nitrogen and oxygen atoms in total. The topological polar surface area (TPSA) is 93.2 Å². The van der Waals surface area contributed by atoms with Crippen LogP contribution in [0, 0.1) is 0 Å². The highest BCUT2D eigenvalue weighted by molar-refractivity contribution is 8.13. The molecule has 0 amide bonds. The average molecular weight is 773 g/mol. The predicted octanol–water partition coefficient (Wildman–Crippen LogP) is 10.6. The highest BCUT2D eigenvalue weighted by Gasteiger charge is 2.08. The van der Waals surface area contributed by atoms with E-state index in [-0.39, 0.29) is 11.9 Å². The van der Waals surface area contributed by atoms with Gasteiger partial charge in [-0.2, -0.15) is 0 Å². The standard InChI is InChI=1S/C42H80N2O6S2/c1-43(2)33-25-26-36-44(34-23-15-9-13-21-31-41(47)51-37-27-17-7-5-11-19-29-39(45)49-3)35-24-16-10-14-22-32-42(48)52-38-28-18-8-6-12-20-30-40(46)50-4/h5-38H2,1-4H3. The van der Waals surface area contributed by atoms with Gasteiger partial charge in [0, 0.05) is 37.2 Å². The molecule has 0 N–H and O–H groups in total. The zero-order valence-corrected chi connectivity index (χ0v) is 35.8. The summed E-state index contributed by atoms with van der Waals surface area (Å²) in [5, 5.41) is 0.716. The smallest absolute Gasteiger partial charge is 0.305 e. The van der Waals surface area contributed by atoms with Gasteiger partial charge in [-0.3, -0.25) is 19.2 Å². The van der Waals surface area contributed by atoms with Gasteiger partial charge in [-0.05, 0) is 104 Å². The van der Waals surface area contributed by atoms with Crippen molar-refractivity contribution in [1.82, 2.24) is 9.80 Å². The van der Waals surface area contributed by atoms with E-state index in [4.69, 9.17) is 0 Å². The van der Waals surface area contributed by atoms with Crippen molar-refractivity contribution in [3.05, 3.63) is 0 Å². The molecule has 0 unspecified atom stereocenters. The summed E-state index contributed by atoms with van der Waals surface area (Å²) < 4.78 is 9.35. The van der Waals surface area contributed by atoms with Gasteiger partial charge in [-0.1, -0.05) is 113 Å². The van der Waals surface area contributed by atoms with Crippen molar-refractivity contribution in [3.63, 3.8) is 0 Å². The molecule has 0 radical (unpaired) electrons. The molecule has 0 heterocycles. The summed E-state index contributed by atoms with van der Waals surface area (Å²) in [7, 11) is 7.19. The summed E-state index contributed by atoms with van der Waals surface area (Å²) in [6.07, 6.45) is 29.9. The molecule has 0 aliphatic carbocycles. The lowest BCUT2D eigenvalue weighted by Crippen LogP contribution is -2.28. The number of hydrogen-bond donors (Lipinski definition) is 0. The lowest BCUT2D eigenvalue weighted by atomic mass is 10.1. The van der Waals surface area contributed by atoms with E-state index in [9.17, 15) is 19.2 Å². The number of esters is 2. The predicted molar refractivity (Wildman–Crippen MR) is 223 cm³/mol. The molecule has 0 rings (SSSR count). The third kappa shape index (κ3) is 38.6. The van der Waals surface area contributed by atoms with E-state index in [0.717, 1.165) is 95.1 Å². The molecule has 0 aliphatic rings. The van der Waals surface area contributed by atoms with Gasteiger partial charge >= 0.3 is 11.9 Å². The molecule has 52 heavy (non-hydrogen) atoms. The van der Waals surface area contributed by atoms with E-state index in [1.807, 2.05) is 0 Å². The fraction of sp³-hybridized carbons (Fsp3) is 0.905. The van der Waals surface area contributed by atoms with Gasteiger partial charge in [0.05, 0.1) is 14.2 Å². The third-order valence-corrected chi connectivity index (χ3v) is 11.6. The maximum atomic E-state index is 12.3. The van der Waals surface area contributed by atoms with Gasteiger partial charge in [0.15, 0.2) is 10.2 Å². The van der Waals surface area contributed by atoms with Crippen molar-refractivity contribution in [1.29, 1.82) is 0 Å². The summed E-state index contributed by atoms with van der Waals surface area (Å²) >= 11 is 3.04. The summed E-state index contributed by atoms with van der Waals surface area (Å²) in [6.45, 7) is 4.71. The minimum Gasteiger partial charge on any atom is -0.469 e. The van der Waals surface area contributed by atoms with Crippen LogP contribution in [0.2, 0.25) is 0 Å². The fourth-order valence-corrected chi connectivity index (χ4v) is 7.98. The first-order chi connectivity index (χ1) is 25.3. The Labute approximate surface area is 328 Å². The third-order valence-electron chi connectivity index (χ3n) is 9.57. The molecule has 0 saturated carbocycles. The molecule has 0 bridgehead atoms. The molecular formula is C42H80N2O6S2. The number of carbonyl (C=O) groups excluding carboxylic acids is 4. The highest BCUT2D eigenvalue weighted by Crippen LogP contribution is 2.17. The number of rotatable bonds is 39. The van der Waals surface area contributed by atoms with E-state index in [2.05, 4.69) is 33.4 Å². The molecule has 0 aromatic carbocycles. The van der Waals surface area contributed by atoms with Crippen LogP contribution in [0.5, 0.6) is 0 Å². The Kier molecular flexibility index (Phi) is 38.8. The van der Waals surface area contributed by atoms with E-state index < -0.39 is 0 Å². The number of hydrogen-bond acceptors (Lipinski definition) is 10. The zero-order valence-electron chi connectivity index (χ0n) is 34.2. The van der Waals surface area contributed by atoms with Crippen LogP contribution in [-0.4, -0.2) is 98.0 Å². The number of methoxy groups -OCH3 is 2. The van der Waals surface area contributed by atoms with Gasteiger partial charge in [-0.25, -0.2) is 0 Å². The lowest BCUT2D eigenvalue weighted by Gasteiger charge is -2.23. The number of carbonyl (C=O) groups is 4. The van der Waals surface area contributed by atoms with E-state index in [1.165, 1.54) is 134 Å². The molecular weight excluding hydrogens is 693 g/mol. The Morgan fingerprint density at radius 1 is 0.385 bits per heavy atom. The second kappa shape index (κ2) is 39.6. The van der Waals surface area contributed by atoms with Crippen molar-refractivity contribution >= 4 is 45.7 Å². The molecule has 0 saturated heterocycles. The Hall–Kier alpha value is -1.10. The number of nitrogens with zero attached hydrogens (tertiary/aromatic N) is 2. The van der Waals surface area contributed by atoms with Crippen LogP contribution in [0.25, 0.3) is 0 Å². The second-order valence-corrected chi connectivity index (χ2v) is 17.0. The largest absolute Gasteiger partial charge is 0.469 e. The summed E-state index contributed by atoms with van der Waals surface area (Å²) in [5.74, 6) is 1.65. The van der Waals surface area contributed by atoms with Gasteiger partial charge in [0.2, 0.25) is 0 Å². The number of thioether (sulfide) groups is 2. The summed E-state index contributed by atoms with van der Waals surface area (Å²) in [4.78, 5) is 51.7. The average Bonchev–Trinajstić information content (AvgIpc) is 3.13. The van der Waals surface area contributed by atoms with E-state index in [1.54, 1.807) is 0 Å². The molecule has 0 atom stereocenters. The van der Waals surface area contributed by atoms with E-state index in [0.29, 0.717) is 35.9 Å². The van der Waals surface area contributed by atoms with Crippen LogP contribution in [0.4, 0.5) is 0 Å². The Bertz CT molecular complexity index is 800. The minimum atomic E-state index is -0.115. The van der Waals surface area contributed by atoms with Crippen molar-refractivity contribution in [2.75, 3.05) is 66.0 Å². The first kappa shape index (κ1) is 50.9. The van der Waals surface area contributed by atoms with Gasteiger partial charge < -0.3 is 19.3 Å². The number of unbranched alkanes of at least 4 members (excludes halogenated alkanes) is 19. The van der Waals surface area contributed by atoms with Crippen molar-refractivity contribution in [2.24, 2.45) is 0 Å². The first-order valence-corrected chi connectivity index (χ1v) is 23.1. The van der Waals surface area contributed by atoms with Crippen molar-refractivity contribution < 1.29 is 28.7 Å². The monoisotopic (exact) mass is 773 g/mol. The molecule has 306 valence electrons. The second-order valence-electron chi connectivity index (χ2n) is 14.7. The Morgan fingerprint density at radius 3 is 1.04 bits per heavy atom. The van der Waals surface area contributed by atoms with E-state index >= 15 is 0 Å². The lowest BCUT2D eigenvalue weighted by molar-refractivity contribution is -0.141. The highest BCUT2D eigenvalue weighted by atomic mass is 32.2. The normalized spacial score (nSPS) is 11.4. The summed E-state index contributed by atoms with van der Waals surface area (Å²) in [5.41, 5.74) is 0. The minimum absolute atomic E-state index is 0.115. The number of ether oxygens (including phenoxy) is 2. The molecule has 10 heteroatoms. The molecule has 0 spiro atoms.